The van der Waals surface area contributed by atoms with Crippen LogP contribution in [0.5, 0.6) is 0 Å². The van der Waals surface area contributed by atoms with Gasteiger partial charge in [-0.2, -0.15) is 0 Å². The predicted octanol–water partition coefficient (Wildman–Crippen LogP) is -0.617. The summed E-state index contributed by atoms with van der Waals surface area (Å²) in [5, 5.41) is 39.8. The highest BCUT2D eigenvalue weighted by Gasteiger charge is 2.34. The Labute approximate surface area is 160 Å². The van der Waals surface area contributed by atoms with Gasteiger partial charge in [0.2, 0.25) is 0 Å². The predicted molar refractivity (Wildman–Crippen MR) is 106 cm³/mol. The van der Waals surface area contributed by atoms with E-state index in [9.17, 15) is 20.3 Å². The van der Waals surface area contributed by atoms with Crippen LogP contribution >= 0.6 is 0 Å². The summed E-state index contributed by atoms with van der Waals surface area (Å²) in [4.78, 5) is 0. The summed E-state index contributed by atoms with van der Waals surface area (Å²) in [5.41, 5.74) is 2.11. The third kappa shape index (κ3) is 6.17. The molecule has 144 valence electrons. The Morgan fingerprint density at radius 1 is 0.704 bits per heavy atom. The van der Waals surface area contributed by atoms with Crippen LogP contribution in [0, 0.1) is 19.3 Å². The number of rotatable bonds is 10. The molecule has 2 rings (SSSR count). The van der Waals surface area contributed by atoms with Crippen molar-refractivity contribution < 1.29 is 29.6 Å². The maximum atomic E-state index is 10.2. The van der Waals surface area contributed by atoms with E-state index in [1.165, 1.54) is 0 Å². The van der Waals surface area contributed by atoms with Crippen LogP contribution < -0.4 is 10.9 Å². The van der Waals surface area contributed by atoms with E-state index in [-0.39, 0.29) is 13.2 Å². The first-order chi connectivity index (χ1) is 12.9. The number of aliphatic hydroxyl groups is 2. The molecule has 0 aliphatic heterocycles. The smallest absolute Gasteiger partial charge is 0.423 e. The average molecular weight is 372 g/mol. The molecular weight excluding hydrogens is 346 g/mol. The molecule has 0 saturated carbocycles. The van der Waals surface area contributed by atoms with Crippen LogP contribution in [-0.4, -0.2) is 60.9 Å². The van der Waals surface area contributed by atoms with Gasteiger partial charge in [-0.25, -0.2) is 0 Å². The van der Waals surface area contributed by atoms with E-state index in [4.69, 9.17) is 9.31 Å². The van der Waals surface area contributed by atoms with Gasteiger partial charge in [0.25, 0.3) is 0 Å². The fraction of sp³-hybridized carbons (Fsp3) is 0.368. The molecule has 0 amide bonds. The highest BCUT2D eigenvalue weighted by Crippen LogP contribution is 2.18. The Morgan fingerprint density at radius 2 is 1.04 bits per heavy atom. The highest BCUT2D eigenvalue weighted by atomic mass is 16.5. The summed E-state index contributed by atoms with van der Waals surface area (Å²) in [6, 6.07) is 14.4. The summed E-state index contributed by atoms with van der Waals surface area (Å²) < 4.78 is 10.9. The fourth-order valence-electron chi connectivity index (χ4n) is 2.44. The molecule has 0 bridgehead atoms. The molecule has 6 nitrogen and oxygen atoms in total. The zero-order valence-electron chi connectivity index (χ0n) is 15.7. The van der Waals surface area contributed by atoms with Gasteiger partial charge >= 0.3 is 14.2 Å². The van der Waals surface area contributed by atoms with Gasteiger partial charge in [0.1, 0.15) is 0 Å². The van der Waals surface area contributed by atoms with Crippen LogP contribution in [0.15, 0.2) is 48.5 Å². The van der Waals surface area contributed by atoms with E-state index >= 15 is 0 Å². The second kappa shape index (κ2) is 10.0. The van der Waals surface area contributed by atoms with Gasteiger partial charge in [-0.3, -0.25) is 0 Å². The third-order valence-electron chi connectivity index (χ3n) is 4.49. The van der Waals surface area contributed by atoms with Gasteiger partial charge < -0.3 is 29.6 Å². The van der Waals surface area contributed by atoms with E-state index < -0.39 is 32.9 Å². The van der Waals surface area contributed by atoms with E-state index in [0.29, 0.717) is 10.9 Å². The average Bonchev–Trinajstić information content (AvgIpc) is 2.69. The first-order valence-corrected chi connectivity index (χ1v) is 8.83. The van der Waals surface area contributed by atoms with Crippen molar-refractivity contribution in [3.63, 3.8) is 0 Å². The van der Waals surface area contributed by atoms with Crippen LogP contribution in [0.2, 0.25) is 0 Å². The Balaban J connectivity index is 1.95. The lowest BCUT2D eigenvalue weighted by molar-refractivity contribution is -0.0261. The maximum absolute atomic E-state index is 10.2. The van der Waals surface area contributed by atoms with E-state index in [1.54, 1.807) is 24.3 Å². The molecular formula is C19H26B2O6. The second-order valence-electron chi connectivity index (χ2n) is 6.96. The van der Waals surface area contributed by atoms with Crippen molar-refractivity contribution in [3.8, 4) is 0 Å². The molecule has 0 heterocycles. The molecule has 0 spiro atoms. The van der Waals surface area contributed by atoms with E-state index in [2.05, 4.69) is 0 Å². The van der Waals surface area contributed by atoms with Gasteiger partial charge in [0.05, 0.1) is 18.6 Å². The van der Waals surface area contributed by atoms with Gasteiger partial charge in [0, 0.05) is 13.2 Å². The molecule has 8 heteroatoms. The summed E-state index contributed by atoms with van der Waals surface area (Å²) in [7, 11) is -2.38. The Hall–Kier alpha value is -1.67. The Bertz CT molecular complexity index is 631. The lowest BCUT2D eigenvalue weighted by Gasteiger charge is -2.30. The largest absolute Gasteiger partial charge is 0.491 e. The standard InChI is InChI=1S/C19H26B2O6/c1-15-3-7-17(8-4-15)20(24)26-13-19(11-22,12-23)14-27-21(25)18-9-5-16(2)6-10-18/h3-10,22-25H,11-14H2,1-2H3. The molecule has 4 N–H and O–H groups in total. The zero-order chi connectivity index (χ0) is 19.9. The van der Waals surface area contributed by atoms with Crippen molar-refractivity contribution in [2.24, 2.45) is 5.41 Å². The number of hydrogen-bond donors (Lipinski definition) is 4. The molecule has 27 heavy (non-hydrogen) atoms. The van der Waals surface area contributed by atoms with Crippen LogP contribution in [-0.2, 0) is 9.31 Å². The van der Waals surface area contributed by atoms with Crippen molar-refractivity contribution in [2.45, 2.75) is 13.8 Å². The quantitative estimate of drug-likeness (QED) is 0.415. The molecule has 0 radical (unpaired) electrons. The minimum atomic E-state index is -1.19. The summed E-state index contributed by atoms with van der Waals surface area (Å²) >= 11 is 0. The summed E-state index contributed by atoms with van der Waals surface area (Å²) in [6.07, 6.45) is 0. The number of aliphatic hydroxyl groups excluding tert-OH is 2. The van der Waals surface area contributed by atoms with Crippen molar-refractivity contribution in [3.05, 3.63) is 59.7 Å². The van der Waals surface area contributed by atoms with Gasteiger partial charge in [-0.05, 0) is 24.8 Å². The Morgan fingerprint density at radius 3 is 1.33 bits per heavy atom. The SMILES string of the molecule is Cc1ccc(B(O)OCC(CO)(CO)COB(O)c2ccc(C)cc2)cc1. The number of aryl methyl sites for hydroxylation is 2. The molecule has 0 fully saturated rings. The topological polar surface area (TPSA) is 99.4 Å². The lowest BCUT2D eigenvalue weighted by Crippen LogP contribution is -2.47. The fourth-order valence-corrected chi connectivity index (χ4v) is 2.44. The van der Waals surface area contributed by atoms with E-state index in [0.717, 1.165) is 11.1 Å². The van der Waals surface area contributed by atoms with Crippen LogP contribution in [0.1, 0.15) is 11.1 Å². The summed E-state index contributed by atoms with van der Waals surface area (Å²) in [6.45, 7) is 2.74. The van der Waals surface area contributed by atoms with Crippen LogP contribution in [0.4, 0.5) is 0 Å². The maximum Gasteiger partial charge on any atom is 0.491 e. The van der Waals surface area contributed by atoms with Gasteiger partial charge in [-0.1, -0.05) is 59.7 Å². The first-order valence-electron chi connectivity index (χ1n) is 8.83. The Kier molecular flexibility index (Phi) is 8.04. The number of hydrogen-bond acceptors (Lipinski definition) is 6. The second-order valence-corrected chi connectivity index (χ2v) is 6.96. The third-order valence-corrected chi connectivity index (χ3v) is 4.49. The normalized spacial score (nSPS) is 11.5. The molecule has 0 aliphatic rings. The minimum Gasteiger partial charge on any atom is -0.423 e. The first kappa shape index (κ1) is 21.6. The van der Waals surface area contributed by atoms with Crippen LogP contribution in [0.3, 0.4) is 0 Å². The van der Waals surface area contributed by atoms with Gasteiger partial charge in [-0.15, -0.1) is 0 Å². The van der Waals surface area contributed by atoms with Gasteiger partial charge in [0.15, 0.2) is 0 Å². The highest BCUT2D eigenvalue weighted by molar-refractivity contribution is 6.60. The molecule has 0 aliphatic carbocycles. The molecule has 0 aromatic heterocycles. The molecule has 0 unspecified atom stereocenters. The van der Waals surface area contributed by atoms with Crippen molar-refractivity contribution >= 4 is 25.2 Å². The van der Waals surface area contributed by atoms with Crippen LogP contribution in [0.25, 0.3) is 0 Å². The monoisotopic (exact) mass is 372 g/mol. The molecule has 0 saturated heterocycles. The van der Waals surface area contributed by atoms with Crippen molar-refractivity contribution in [2.75, 3.05) is 26.4 Å². The minimum absolute atomic E-state index is 0.143. The molecule has 0 atom stereocenters. The van der Waals surface area contributed by atoms with Crippen molar-refractivity contribution in [1.82, 2.24) is 0 Å². The summed E-state index contributed by atoms with van der Waals surface area (Å²) in [5.74, 6) is 0. The molecule has 2 aromatic rings. The molecule has 2 aromatic carbocycles. The lowest BCUT2D eigenvalue weighted by atomic mass is 9.77. The zero-order valence-corrected chi connectivity index (χ0v) is 15.7. The number of benzene rings is 2. The van der Waals surface area contributed by atoms with E-state index in [1.807, 2.05) is 38.1 Å². The van der Waals surface area contributed by atoms with Crippen molar-refractivity contribution in [1.29, 1.82) is 0 Å².